The zero-order valence-electron chi connectivity index (χ0n) is 13.2. The monoisotopic (exact) mass is 328 g/mol. The molecule has 1 unspecified atom stereocenters. The van der Waals surface area contributed by atoms with E-state index in [1.807, 2.05) is 23.6 Å². The molecule has 1 atom stereocenters. The summed E-state index contributed by atoms with van der Waals surface area (Å²) in [5, 5.41) is 10.5. The second-order valence-electron chi connectivity index (χ2n) is 5.79. The minimum Gasteiger partial charge on any atom is -0.486 e. The van der Waals surface area contributed by atoms with Crippen LogP contribution in [-0.2, 0) is 6.54 Å². The van der Waals surface area contributed by atoms with Crippen molar-refractivity contribution in [3.63, 3.8) is 0 Å². The van der Waals surface area contributed by atoms with Gasteiger partial charge in [0.15, 0.2) is 11.5 Å². The van der Waals surface area contributed by atoms with Crippen molar-refractivity contribution in [1.29, 1.82) is 0 Å². The molecule has 3 aromatic rings. The predicted octanol–water partition coefficient (Wildman–Crippen LogP) is 2.99. The number of hydrogen-bond acceptors (Lipinski definition) is 4. The predicted molar refractivity (Wildman–Crippen MR) is 86.8 cm³/mol. The fourth-order valence-electron chi connectivity index (χ4n) is 3.03. The molecular weight excluding hydrogens is 311 g/mol. The average molecular weight is 328 g/mol. The Morgan fingerprint density at radius 3 is 2.67 bits per heavy atom. The van der Waals surface area contributed by atoms with E-state index in [-0.39, 0.29) is 12.1 Å². The molecule has 2 aromatic carbocycles. The standard InChI is InChI=1S/C18H17FN2O3/c1-11-20-14-8-17-18(24-7-6-23-17)9-15(14)21(11)10-16(22)12-4-2-3-5-13(12)19/h2-5,8-9,16,22H,6-7,10H2,1H3. The second kappa shape index (κ2) is 5.79. The van der Waals surface area contributed by atoms with E-state index in [9.17, 15) is 9.50 Å². The molecule has 6 heteroatoms. The quantitative estimate of drug-likeness (QED) is 0.803. The smallest absolute Gasteiger partial charge is 0.163 e. The lowest BCUT2D eigenvalue weighted by Crippen LogP contribution is -2.15. The molecule has 4 rings (SSSR count). The topological polar surface area (TPSA) is 56.5 Å². The van der Waals surface area contributed by atoms with Crippen LogP contribution in [0.15, 0.2) is 36.4 Å². The van der Waals surface area contributed by atoms with Gasteiger partial charge >= 0.3 is 0 Å². The molecule has 0 radical (unpaired) electrons. The van der Waals surface area contributed by atoms with E-state index in [2.05, 4.69) is 4.98 Å². The molecule has 0 aliphatic carbocycles. The van der Waals surface area contributed by atoms with Crippen LogP contribution in [0.2, 0.25) is 0 Å². The van der Waals surface area contributed by atoms with Gasteiger partial charge in [-0.25, -0.2) is 9.37 Å². The molecule has 24 heavy (non-hydrogen) atoms. The Kier molecular flexibility index (Phi) is 3.61. The Labute approximate surface area is 138 Å². The van der Waals surface area contributed by atoms with Crippen molar-refractivity contribution in [1.82, 2.24) is 9.55 Å². The molecule has 5 nitrogen and oxygen atoms in total. The maximum absolute atomic E-state index is 13.9. The van der Waals surface area contributed by atoms with E-state index < -0.39 is 11.9 Å². The molecule has 0 spiro atoms. The number of fused-ring (bicyclic) bond motifs is 2. The van der Waals surface area contributed by atoms with Gasteiger partial charge < -0.3 is 19.1 Å². The summed E-state index contributed by atoms with van der Waals surface area (Å²) in [6.45, 7) is 3.09. The van der Waals surface area contributed by atoms with Gasteiger partial charge in [0.2, 0.25) is 0 Å². The zero-order valence-corrected chi connectivity index (χ0v) is 13.2. The van der Waals surface area contributed by atoms with Crippen molar-refractivity contribution in [2.24, 2.45) is 0 Å². The van der Waals surface area contributed by atoms with Crippen LogP contribution in [-0.4, -0.2) is 27.9 Å². The number of ether oxygens (including phenoxy) is 2. The molecule has 1 N–H and O–H groups in total. The fourth-order valence-corrected chi connectivity index (χ4v) is 3.03. The SMILES string of the molecule is Cc1nc2cc3c(cc2n1CC(O)c1ccccc1F)OCCO3. The van der Waals surface area contributed by atoms with Crippen molar-refractivity contribution < 1.29 is 19.0 Å². The Hall–Kier alpha value is -2.60. The number of hydrogen-bond donors (Lipinski definition) is 1. The molecule has 124 valence electrons. The normalized spacial score (nSPS) is 14.8. The van der Waals surface area contributed by atoms with Gasteiger partial charge in [0.25, 0.3) is 0 Å². The van der Waals surface area contributed by atoms with Crippen LogP contribution in [0.4, 0.5) is 4.39 Å². The molecule has 0 fully saturated rings. The van der Waals surface area contributed by atoms with Gasteiger partial charge in [-0.15, -0.1) is 0 Å². The maximum atomic E-state index is 13.9. The number of nitrogens with zero attached hydrogens (tertiary/aromatic N) is 2. The number of imidazole rings is 1. The molecule has 0 saturated carbocycles. The first-order chi connectivity index (χ1) is 11.6. The molecule has 0 saturated heterocycles. The van der Waals surface area contributed by atoms with Gasteiger partial charge in [-0.05, 0) is 13.0 Å². The maximum Gasteiger partial charge on any atom is 0.163 e. The summed E-state index contributed by atoms with van der Waals surface area (Å²) in [5.41, 5.74) is 1.86. The third-order valence-corrected chi connectivity index (χ3v) is 4.22. The number of benzene rings is 2. The van der Waals surface area contributed by atoms with E-state index in [0.717, 1.165) is 16.9 Å². The molecule has 2 heterocycles. The second-order valence-corrected chi connectivity index (χ2v) is 5.79. The summed E-state index contributed by atoms with van der Waals surface area (Å²) < 4.78 is 26.9. The van der Waals surface area contributed by atoms with Crippen LogP contribution < -0.4 is 9.47 Å². The third kappa shape index (κ3) is 2.49. The van der Waals surface area contributed by atoms with Gasteiger partial charge in [-0.2, -0.15) is 0 Å². The van der Waals surface area contributed by atoms with Crippen LogP contribution in [0, 0.1) is 12.7 Å². The molecular formula is C18H17FN2O3. The van der Waals surface area contributed by atoms with Crippen LogP contribution in [0.1, 0.15) is 17.5 Å². The average Bonchev–Trinajstić information content (AvgIpc) is 2.88. The van der Waals surface area contributed by atoms with Crippen molar-refractivity contribution in [3.8, 4) is 11.5 Å². The van der Waals surface area contributed by atoms with E-state index >= 15 is 0 Å². The van der Waals surface area contributed by atoms with Crippen LogP contribution >= 0.6 is 0 Å². The summed E-state index contributed by atoms with van der Waals surface area (Å²) in [6, 6.07) is 9.95. The highest BCUT2D eigenvalue weighted by Gasteiger charge is 2.19. The summed E-state index contributed by atoms with van der Waals surface area (Å²) in [6.07, 6.45) is -0.962. The molecule has 1 aromatic heterocycles. The van der Waals surface area contributed by atoms with Gasteiger partial charge in [-0.1, -0.05) is 18.2 Å². The first-order valence-electron chi connectivity index (χ1n) is 7.82. The molecule has 0 bridgehead atoms. The third-order valence-electron chi connectivity index (χ3n) is 4.22. The number of halogens is 1. The lowest BCUT2D eigenvalue weighted by atomic mass is 10.1. The highest BCUT2D eigenvalue weighted by atomic mass is 19.1. The van der Waals surface area contributed by atoms with Crippen molar-refractivity contribution >= 4 is 11.0 Å². The number of aromatic nitrogens is 2. The van der Waals surface area contributed by atoms with Gasteiger partial charge in [-0.3, -0.25) is 0 Å². The Bertz CT molecular complexity index is 907. The Balaban J connectivity index is 1.73. The van der Waals surface area contributed by atoms with Gasteiger partial charge in [0, 0.05) is 17.7 Å². The van der Waals surface area contributed by atoms with Crippen molar-refractivity contribution in [2.45, 2.75) is 19.6 Å². The van der Waals surface area contributed by atoms with Gasteiger partial charge in [0.05, 0.1) is 23.7 Å². The van der Waals surface area contributed by atoms with Crippen LogP contribution in [0.5, 0.6) is 11.5 Å². The summed E-state index contributed by atoms with van der Waals surface area (Å²) in [7, 11) is 0. The first kappa shape index (κ1) is 15.0. The Morgan fingerprint density at radius 2 is 1.92 bits per heavy atom. The Morgan fingerprint density at radius 1 is 1.21 bits per heavy atom. The van der Waals surface area contributed by atoms with Crippen LogP contribution in [0.3, 0.4) is 0 Å². The van der Waals surface area contributed by atoms with Crippen molar-refractivity contribution in [3.05, 3.63) is 53.6 Å². The summed E-state index contributed by atoms with van der Waals surface area (Å²) in [5.74, 6) is 1.66. The van der Waals surface area contributed by atoms with E-state index in [0.29, 0.717) is 24.7 Å². The highest BCUT2D eigenvalue weighted by Crippen LogP contribution is 2.35. The first-order valence-corrected chi connectivity index (χ1v) is 7.82. The summed E-state index contributed by atoms with van der Waals surface area (Å²) in [4.78, 5) is 4.51. The van der Waals surface area contributed by atoms with Crippen molar-refractivity contribution in [2.75, 3.05) is 13.2 Å². The number of aliphatic hydroxyl groups excluding tert-OH is 1. The van der Waals surface area contributed by atoms with Gasteiger partial charge in [0.1, 0.15) is 24.9 Å². The van der Waals surface area contributed by atoms with E-state index in [1.165, 1.54) is 6.07 Å². The minimum absolute atomic E-state index is 0.211. The number of aliphatic hydroxyl groups is 1. The molecule has 1 aliphatic rings. The largest absolute Gasteiger partial charge is 0.486 e. The lowest BCUT2D eigenvalue weighted by molar-refractivity contribution is 0.152. The summed E-state index contributed by atoms with van der Waals surface area (Å²) >= 11 is 0. The van der Waals surface area contributed by atoms with E-state index in [1.54, 1.807) is 18.2 Å². The molecule has 0 amide bonds. The minimum atomic E-state index is -0.962. The number of rotatable bonds is 3. The molecule has 1 aliphatic heterocycles. The number of aryl methyl sites for hydroxylation is 1. The van der Waals surface area contributed by atoms with Crippen LogP contribution in [0.25, 0.3) is 11.0 Å². The highest BCUT2D eigenvalue weighted by molar-refractivity contribution is 5.80. The zero-order chi connectivity index (χ0) is 16.7. The fraction of sp³-hybridized carbons (Fsp3) is 0.278. The van der Waals surface area contributed by atoms with E-state index in [4.69, 9.17) is 9.47 Å². The lowest BCUT2D eigenvalue weighted by Gasteiger charge is -2.19.